The van der Waals surface area contributed by atoms with Crippen LogP contribution >= 0.6 is 0 Å². The van der Waals surface area contributed by atoms with Crippen molar-refractivity contribution < 1.29 is 23.8 Å². The summed E-state index contributed by atoms with van der Waals surface area (Å²) in [5.41, 5.74) is 2.21. The van der Waals surface area contributed by atoms with Gasteiger partial charge in [0.25, 0.3) is 0 Å². The minimum absolute atomic E-state index is 0.261. The molecule has 1 aliphatic carbocycles. The number of ether oxygens (including phenoxy) is 3. The van der Waals surface area contributed by atoms with Gasteiger partial charge in [-0.25, -0.2) is 9.59 Å². The molecule has 28 heavy (non-hydrogen) atoms. The van der Waals surface area contributed by atoms with E-state index in [1.54, 1.807) is 21.0 Å². The summed E-state index contributed by atoms with van der Waals surface area (Å²) in [6.07, 6.45) is 2.09. The summed E-state index contributed by atoms with van der Waals surface area (Å²) in [6, 6.07) is 7.40. The van der Waals surface area contributed by atoms with Crippen molar-refractivity contribution in [2.24, 2.45) is 0 Å². The van der Waals surface area contributed by atoms with Gasteiger partial charge >= 0.3 is 11.9 Å². The van der Waals surface area contributed by atoms with Crippen LogP contribution in [0.2, 0.25) is 0 Å². The minimum Gasteiger partial charge on any atom is -0.422 e. The molecule has 1 atom stereocenters. The van der Waals surface area contributed by atoms with Gasteiger partial charge in [-0.1, -0.05) is 37.4 Å². The molecule has 3 rings (SSSR count). The maximum absolute atomic E-state index is 12.3. The summed E-state index contributed by atoms with van der Waals surface area (Å²) < 4.78 is 17.2. The molecule has 0 radical (unpaired) electrons. The average molecular weight is 380 g/mol. The van der Waals surface area contributed by atoms with E-state index in [-0.39, 0.29) is 6.10 Å². The Morgan fingerprint density at radius 3 is 2.04 bits per heavy atom. The van der Waals surface area contributed by atoms with Crippen molar-refractivity contribution in [3.05, 3.63) is 59.7 Å². The molecule has 2 aromatic rings. The number of hydrogen-bond donors (Lipinski definition) is 0. The lowest BCUT2D eigenvalue weighted by Crippen LogP contribution is -2.19. The molecule has 0 fully saturated rings. The third-order valence-corrected chi connectivity index (χ3v) is 4.85. The fraction of sp³-hybridized carbons (Fsp3) is 0.304. The molecule has 146 valence electrons. The normalized spacial score (nSPS) is 15.6. The fourth-order valence-electron chi connectivity index (χ4n) is 3.47. The van der Waals surface area contributed by atoms with Crippen LogP contribution in [0.25, 0.3) is 10.8 Å². The van der Waals surface area contributed by atoms with E-state index >= 15 is 0 Å². The highest BCUT2D eigenvalue weighted by molar-refractivity contribution is 6.01. The smallest absolute Gasteiger partial charge is 0.338 e. The number of methoxy groups -OCH3 is 1. The van der Waals surface area contributed by atoms with Gasteiger partial charge in [-0.3, -0.25) is 0 Å². The van der Waals surface area contributed by atoms with E-state index in [2.05, 4.69) is 13.2 Å². The monoisotopic (exact) mass is 380 g/mol. The lowest BCUT2D eigenvalue weighted by Gasteiger charge is -2.29. The second-order valence-corrected chi connectivity index (χ2v) is 7.05. The molecule has 0 heterocycles. The van der Waals surface area contributed by atoms with Crippen molar-refractivity contribution in [1.82, 2.24) is 0 Å². The van der Waals surface area contributed by atoms with Gasteiger partial charge in [-0.05, 0) is 33.1 Å². The van der Waals surface area contributed by atoms with Gasteiger partial charge < -0.3 is 14.2 Å². The lowest BCUT2D eigenvalue weighted by atomic mass is 9.85. The highest BCUT2D eigenvalue weighted by Gasteiger charge is 2.32. The molecule has 1 unspecified atom stereocenters. The van der Waals surface area contributed by atoms with Crippen LogP contribution in [0.3, 0.4) is 0 Å². The molecule has 1 aliphatic rings. The van der Waals surface area contributed by atoms with Crippen molar-refractivity contribution in [2.75, 3.05) is 7.11 Å². The molecular formula is C23H24O5. The van der Waals surface area contributed by atoms with Gasteiger partial charge in [-0.2, -0.15) is 0 Å². The number of carbonyl (C=O) groups is 2. The molecule has 0 N–H and O–H groups in total. The van der Waals surface area contributed by atoms with Crippen molar-refractivity contribution in [2.45, 2.75) is 39.2 Å². The summed E-state index contributed by atoms with van der Waals surface area (Å²) in [5.74, 6) is -0.0613. The third-order valence-electron chi connectivity index (χ3n) is 4.85. The first-order valence-electron chi connectivity index (χ1n) is 9.20. The SMILES string of the molecule is C=C(C)C(=O)Oc1c2c(c(OC(=O)C(=C)C)c3ccccc13)C(OC)CCC2. The number of benzene rings is 2. The number of fused-ring (bicyclic) bond motifs is 2. The van der Waals surface area contributed by atoms with E-state index < -0.39 is 11.9 Å². The molecule has 0 saturated carbocycles. The van der Waals surface area contributed by atoms with Crippen LogP contribution < -0.4 is 9.47 Å². The van der Waals surface area contributed by atoms with Crippen molar-refractivity contribution in [1.29, 1.82) is 0 Å². The summed E-state index contributed by atoms with van der Waals surface area (Å²) >= 11 is 0. The molecule has 5 nitrogen and oxygen atoms in total. The Hall–Kier alpha value is -2.92. The molecule has 0 aromatic heterocycles. The highest BCUT2D eigenvalue weighted by Crippen LogP contribution is 2.48. The van der Waals surface area contributed by atoms with Crippen LogP contribution in [0, 0.1) is 0 Å². The average Bonchev–Trinajstić information content (AvgIpc) is 2.69. The summed E-state index contributed by atoms with van der Waals surface area (Å²) in [6.45, 7) is 10.6. The highest BCUT2D eigenvalue weighted by atomic mass is 16.5. The molecule has 0 bridgehead atoms. The second-order valence-electron chi connectivity index (χ2n) is 7.05. The standard InChI is InChI=1S/C23H24O5/c1-13(2)22(24)27-20-15-9-6-7-10-16(15)21(28-23(25)14(3)4)19-17(20)11-8-12-18(19)26-5/h6-7,9-10,18H,1,3,8,11-12H2,2,4-5H3. The van der Waals surface area contributed by atoms with E-state index in [0.717, 1.165) is 24.0 Å². The van der Waals surface area contributed by atoms with Crippen LogP contribution in [0.4, 0.5) is 0 Å². The Bertz CT molecular complexity index is 986. The first-order valence-corrected chi connectivity index (χ1v) is 9.20. The zero-order valence-corrected chi connectivity index (χ0v) is 16.5. The van der Waals surface area contributed by atoms with E-state index in [1.165, 1.54) is 0 Å². The Morgan fingerprint density at radius 1 is 0.964 bits per heavy atom. The topological polar surface area (TPSA) is 61.8 Å². The van der Waals surface area contributed by atoms with Gasteiger partial charge in [-0.15, -0.1) is 0 Å². The molecule has 0 saturated heterocycles. The first kappa shape index (κ1) is 19.8. The molecular weight excluding hydrogens is 356 g/mol. The fourth-order valence-corrected chi connectivity index (χ4v) is 3.47. The summed E-state index contributed by atoms with van der Waals surface area (Å²) in [4.78, 5) is 24.6. The van der Waals surface area contributed by atoms with Crippen LogP contribution in [-0.2, 0) is 20.7 Å². The number of carbonyl (C=O) groups excluding carboxylic acids is 2. The van der Waals surface area contributed by atoms with Gasteiger partial charge in [0.15, 0.2) is 0 Å². The van der Waals surface area contributed by atoms with Gasteiger partial charge in [0.05, 0.1) is 6.10 Å². The maximum atomic E-state index is 12.3. The van der Waals surface area contributed by atoms with E-state index in [0.29, 0.717) is 39.8 Å². The quantitative estimate of drug-likeness (QED) is 0.422. The zero-order valence-electron chi connectivity index (χ0n) is 16.5. The van der Waals surface area contributed by atoms with Gasteiger partial charge in [0.1, 0.15) is 11.5 Å². The van der Waals surface area contributed by atoms with Crippen molar-refractivity contribution in [3.63, 3.8) is 0 Å². The van der Waals surface area contributed by atoms with E-state index in [1.807, 2.05) is 24.3 Å². The number of esters is 2. The Kier molecular flexibility index (Phi) is 5.66. The predicted octanol–water partition coefficient (Wildman–Crippen LogP) is 4.83. The molecule has 2 aromatic carbocycles. The molecule has 0 spiro atoms. The predicted molar refractivity (Wildman–Crippen MR) is 108 cm³/mol. The minimum atomic E-state index is -0.500. The Labute approximate surface area is 164 Å². The van der Waals surface area contributed by atoms with Crippen LogP contribution in [-0.4, -0.2) is 19.0 Å². The Balaban J connectivity index is 2.33. The van der Waals surface area contributed by atoms with Crippen molar-refractivity contribution in [3.8, 4) is 11.5 Å². The van der Waals surface area contributed by atoms with Crippen LogP contribution in [0.1, 0.15) is 43.9 Å². The summed E-state index contributed by atoms with van der Waals surface area (Å²) in [7, 11) is 1.62. The van der Waals surface area contributed by atoms with Gasteiger partial charge in [0, 0.05) is 40.2 Å². The van der Waals surface area contributed by atoms with Crippen molar-refractivity contribution >= 4 is 22.7 Å². The molecule has 0 aliphatic heterocycles. The van der Waals surface area contributed by atoms with Crippen LogP contribution in [0.15, 0.2) is 48.6 Å². The second kappa shape index (κ2) is 7.98. The van der Waals surface area contributed by atoms with Gasteiger partial charge in [0.2, 0.25) is 0 Å². The largest absolute Gasteiger partial charge is 0.422 e. The first-order chi connectivity index (χ1) is 13.3. The lowest BCUT2D eigenvalue weighted by molar-refractivity contribution is -0.131. The van der Waals surface area contributed by atoms with E-state index in [9.17, 15) is 9.59 Å². The number of hydrogen-bond acceptors (Lipinski definition) is 5. The zero-order chi connectivity index (χ0) is 20.4. The Morgan fingerprint density at radius 2 is 1.50 bits per heavy atom. The molecule has 5 heteroatoms. The maximum Gasteiger partial charge on any atom is 0.338 e. The van der Waals surface area contributed by atoms with Crippen LogP contribution in [0.5, 0.6) is 11.5 Å². The molecule has 0 amide bonds. The summed E-state index contributed by atoms with van der Waals surface area (Å²) in [5, 5.41) is 1.39. The third kappa shape index (κ3) is 3.58. The number of rotatable bonds is 5. The van der Waals surface area contributed by atoms with E-state index in [4.69, 9.17) is 14.2 Å².